The molecule has 18 aromatic carbocycles. The van der Waals surface area contributed by atoms with Crippen molar-refractivity contribution >= 4 is 89.8 Å². The van der Waals surface area contributed by atoms with Gasteiger partial charge >= 0.3 is 0 Å². The summed E-state index contributed by atoms with van der Waals surface area (Å²) >= 11 is 0. The van der Waals surface area contributed by atoms with E-state index >= 15 is 0 Å². The molecule has 4 aliphatic rings. The van der Waals surface area contributed by atoms with Crippen molar-refractivity contribution in [3.63, 3.8) is 0 Å². The van der Waals surface area contributed by atoms with Crippen molar-refractivity contribution in [3.05, 3.63) is 424 Å². The predicted octanol–water partition coefficient (Wildman–Crippen LogP) is 24.9. The van der Waals surface area contributed by atoms with Crippen LogP contribution in [0, 0.1) is 6.92 Å². The lowest BCUT2D eigenvalue weighted by molar-refractivity contribution is 0.486. The summed E-state index contributed by atoms with van der Waals surface area (Å²) in [6.45, 7) is 6.14. The van der Waals surface area contributed by atoms with Gasteiger partial charge in [0, 0.05) is 111 Å². The number of aromatic nitrogens is 14. The lowest BCUT2D eigenvalue weighted by atomic mass is 9.34. The Hall–Kier alpha value is -18.7. The maximum absolute atomic E-state index is 7.29. The van der Waals surface area contributed by atoms with Crippen LogP contribution in [-0.2, 0) is 0 Å². The van der Waals surface area contributed by atoms with Gasteiger partial charge in [0.2, 0.25) is 0 Å². The average molecular weight is 1820 g/mol. The lowest BCUT2D eigenvalue weighted by Crippen LogP contribution is -2.58. The van der Waals surface area contributed by atoms with Gasteiger partial charge in [0.25, 0.3) is 13.4 Å². The zero-order valence-corrected chi connectivity index (χ0v) is 77.1. The van der Waals surface area contributed by atoms with E-state index in [-0.39, 0.29) is 19.3 Å². The Labute approximate surface area is 817 Å². The Bertz CT molecular complexity index is 9230. The molecule has 0 spiro atoms. The molecule has 0 saturated carbocycles. The van der Waals surface area contributed by atoms with Gasteiger partial charge in [-0.2, -0.15) is 0 Å². The van der Waals surface area contributed by atoms with Crippen LogP contribution >= 0.6 is 0 Å². The molecule has 0 amide bonds. The van der Waals surface area contributed by atoms with Gasteiger partial charge in [-0.15, -0.1) is 0 Å². The fourth-order valence-corrected chi connectivity index (χ4v) is 21.5. The van der Waals surface area contributed by atoms with Crippen molar-refractivity contribution in [1.82, 2.24) is 68.9 Å². The molecule has 10 heterocycles. The maximum Gasteiger partial charge on any atom is 0.256 e. The van der Waals surface area contributed by atoms with Gasteiger partial charge in [-0.3, -0.25) is 0 Å². The molecule has 0 fully saturated rings. The summed E-state index contributed by atoms with van der Waals surface area (Å²) < 4.78 is 19.4. The highest BCUT2D eigenvalue weighted by molar-refractivity contribution is 7.00. The Morgan fingerprint density at radius 2 is 0.472 bits per heavy atom. The molecule has 4 aliphatic heterocycles. The Morgan fingerprint density at radius 3 is 0.810 bits per heavy atom. The highest BCUT2D eigenvalue weighted by Crippen LogP contribution is 2.47. The van der Waals surface area contributed by atoms with E-state index < -0.39 is 0 Å². The predicted molar refractivity (Wildman–Crippen MR) is 571 cm³/mol. The van der Waals surface area contributed by atoms with Gasteiger partial charge < -0.3 is 18.6 Å². The second kappa shape index (κ2) is 32.8. The molecule has 28 rings (SSSR count). The molecule has 0 unspecified atom stereocenters. The molecule has 0 aliphatic carbocycles. The summed E-state index contributed by atoms with van der Waals surface area (Å²) in [4.78, 5) is 64.8. The smallest absolute Gasteiger partial charge is 0.256 e. The summed E-state index contributed by atoms with van der Waals surface area (Å²) in [5.74, 6) is 9.93. The first kappa shape index (κ1) is 81.7. The Morgan fingerprint density at radius 1 is 0.204 bits per heavy atom. The molecular formula is C124H78B2N14O2. The van der Waals surface area contributed by atoms with Crippen molar-refractivity contribution in [2.45, 2.75) is 26.7 Å². The summed E-state index contributed by atoms with van der Waals surface area (Å²) in [5, 5.41) is 4.02. The number of benzene rings is 18. The first-order chi connectivity index (χ1) is 70.0. The number of hydrogen-bond donors (Lipinski definition) is 0. The van der Waals surface area contributed by atoms with Gasteiger partial charge in [-0.1, -0.05) is 329 Å². The van der Waals surface area contributed by atoms with Crippen molar-refractivity contribution in [1.29, 1.82) is 0 Å². The summed E-state index contributed by atoms with van der Waals surface area (Å²) in [5.41, 5.74) is 31.4. The van der Waals surface area contributed by atoms with Gasteiger partial charge in [-0.25, -0.2) is 59.8 Å². The molecule has 0 radical (unpaired) electrons. The summed E-state index contributed by atoms with van der Waals surface area (Å²) in [6.07, 6.45) is 0. The van der Waals surface area contributed by atoms with E-state index in [4.69, 9.17) is 69.3 Å². The van der Waals surface area contributed by atoms with Crippen LogP contribution in [0.15, 0.2) is 413 Å². The number of aryl methyl sites for hydroxylation is 1. The number of nitrogens with zero attached hydrogens (tertiary/aromatic N) is 14. The first-order valence-corrected chi connectivity index (χ1v) is 47.9. The van der Waals surface area contributed by atoms with Crippen molar-refractivity contribution in [3.8, 4) is 204 Å². The van der Waals surface area contributed by atoms with Crippen LogP contribution in [-0.4, -0.2) is 82.4 Å². The molecular weight excluding hydrogens is 1740 g/mol. The summed E-state index contributed by atoms with van der Waals surface area (Å²) in [7, 11) is 0. The van der Waals surface area contributed by atoms with Crippen LogP contribution in [0.3, 0.4) is 0 Å². The third-order valence-electron chi connectivity index (χ3n) is 28.2. The fraction of sp³-hybridized carbons (Fsp3) is 0.0323. The highest BCUT2D eigenvalue weighted by atomic mass is 16.5. The minimum Gasteiger partial charge on any atom is -0.458 e. The third-order valence-corrected chi connectivity index (χ3v) is 28.2. The number of ether oxygens (including phenoxy) is 2. The normalized spacial score (nSPS) is 12.3. The van der Waals surface area contributed by atoms with Crippen LogP contribution < -0.4 is 42.3 Å². The van der Waals surface area contributed by atoms with Gasteiger partial charge in [-0.05, 0) is 187 Å². The molecule has 24 aromatic rings. The minimum absolute atomic E-state index is 0.182. The molecule has 662 valence electrons. The van der Waals surface area contributed by atoms with Crippen LogP contribution in [0.2, 0.25) is 0 Å². The average Bonchev–Trinajstić information content (AvgIpc) is 1.51. The van der Waals surface area contributed by atoms with E-state index in [0.29, 0.717) is 69.9 Å². The van der Waals surface area contributed by atoms with Crippen molar-refractivity contribution < 1.29 is 9.47 Å². The van der Waals surface area contributed by atoms with E-state index in [1.165, 1.54) is 5.56 Å². The van der Waals surface area contributed by atoms with Crippen LogP contribution in [0.25, 0.3) is 225 Å². The molecule has 18 heteroatoms. The molecule has 0 atom stereocenters. The van der Waals surface area contributed by atoms with Gasteiger partial charge in [0.15, 0.2) is 69.9 Å². The first-order valence-electron chi connectivity index (χ1n) is 47.9. The van der Waals surface area contributed by atoms with Crippen LogP contribution in [0.5, 0.6) is 23.0 Å². The maximum atomic E-state index is 7.29. The zero-order chi connectivity index (χ0) is 93.9. The Balaban J connectivity index is 0.597. The second-order valence-corrected chi connectivity index (χ2v) is 37.3. The van der Waals surface area contributed by atoms with E-state index in [2.05, 4.69) is 309 Å². The van der Waals surface area contributed by atoms with E-state index in [0.717, 1.165) is 216 Å². The van der Waals surface area contributed by atoms with Crippen LogP contribution in [0.4, 0.5) is 0 Å². The fourth-order valence-electron chi connectivity index (χ4n) is 21.5. The molecule has 16 nitrogen and oxygen atoms in total. The van der Waals surface area contributed by atoms with E-state index in [1.807, 2.05) is 133 Å². The topological polar surface area (TPSA) is 183 Å². The lowest BCUT2D eigenvalue weighted by Gasteiger charge is -2.34. The van der Waals surface area contributed by atoms with E-state index in [1.54, 1.807) is 0 Å². The van der Waals surface area contributed by atoms with Crippen LogP contribution in [0.1, 0.15) is 30.9 Å². The van der Waals surface area contributed by atoms with Crippen molar-refractivity contribution in [2.75, 3.05) is 0 Å². The molecule has 6 aromatic heterocycles. The zero-order valence-electron chi connectivity index (χ0n) is 77.1. The molecule has 142 heavy (non-hydrogen) atoms. The van der Waals surface area contributed by atoms with E-state index in [9.17, 15) is 0 Å². The molecule has 0 saturated heterocycles. The standard InChI is InChI=1S/C124H78B2N14O2/c1-72(2)90-68-104-110-108(71-90)142-106-70-85(75-32-14-5-15-33-75)51-55-98(106)126(110)100-66-91(123-134-115(78-38-20-8-21-39-78)128-116(135-123)79-40-22-9-23-41-79)64-96-94-63-89(53-57-102(94)140(104)112(96)100)122-133-117(80-42-24-10-25-43-80)129-119(137-122)86-48-28-46-82(60-86)83-47-29-49-87(61-83)120-130-118(81-44-26-11-27-45-81)136-124(138-120)92-65-95-93-62-88(121-131-113(76-34-16-6-17-35-76)127-114(132-121)77-36-18-7-19-37-77)52-56-101(93)139-103-58-73(3)59-107-109(103)125(99(67-92)111(95)139)97-54-50-84(69-105(97)141-107)74-30-12-4-13-31-74/h4-72H,1-3H3. The van der Waals surface area contributed by atoms with Gasteiger partial charge in [0.1, 0.15) is 23.0 Å². The van der Waals surface area contributed by atoms with Gasteiger partial charge in [0.05, 0.1) is 11.0 Å². The quantitative estimate of drug-likeness (QED) is 0.0833. The van der Waals surface area contributed by atoms with Crippen molar-refractivity contribution in [2.24, 2.45) is 0 Å². The molecule has 0 N–H and O–H groups in total. The number of rotatable bonds is 16. The SMILES string of the molecule is Cc1cc2c3c(c1)-n1c4ccc(-c5nc(-c6ccccc6)nc(-c6ccccc6)n5)cc4c4cc(-c5nc(-c6ccccc6)nc(-c6cccc(-c7cccc(-c8nc(-c9ccccc9)nc(-c9ccc%10c(c9)c9cc(-c%11nc(-c%12ccccc%12)nc(-c%12ccccc%12)n%11)cc%11c9n%10-c9cc(C(C)C)cc%10c9B%11c9ccc(-c%11ccccc%11)cc9O%10)n8)c7)c6)n5)cc(c41)B3c1ccc(-c3ccccc3)cc1O2. The second-order valence-electron chi connectivity index (χ2n) is 37.3. The molecule has 0 bridgehead atoms. The number of fused-ring (bicyclic) bond motifs is 14. The minimum atomic E-state index is -0.268. The Kier molecular flexibility index (Phi) is 18.9. The largest absolute Gasteiger partial charge is 0.458 e. The number of hydrogen-bond acceptors (Lipinski definition) is 14. The highest BCUT2D eigenvalue weighted by Gasteiger charge is 2.45. The monoisotopic (exact) mass is 1820 g/mol. The third kappa shape index (κ3) is 13.8. The summed E-state index contributed by atoms with van der Waals surface area (Å²) in [6, 6.07) is 144.